The Morgan fingerprint density at radius 3 is 2.69 bits per heavy atom. The van der Waals surface area contributed by atoms with Crippen LogP contribution < -0.4 is 5.32 Å². The largest absolute Gasteiger partial charge is 0.465 e. The Kier molecular flexibility index (Phi) is 4.35. The molecule has 2 aromatic heterocycles. The first-order valence-electron chi connectivity index (χ1n) is 8.44. The lowest BCUT2D eigenvalue weighted by molar-refractivity contribution is 0.0600. The van der Waals surface area contributed by atoms with E-state index in [9.17, 15) is 4.79 Å². The lowest BCUT2D eigenvalue weighted by Crippen LogP contribution is -2.03. The second-order valence-electron chi connectivity index (χ2n) is 6.21. The molecule has 1 aliphatic rings. The van der Waals surface area contributed by atoms with E-state index < -0.39 is 0 Å². The fourth-order valence-electron chi connectivity index (χ4n) is 2.55. The van der Waals surface area contributed by atoms with Crippen molar-refractivity contribution in [3.8, 4) is 11.5 Å². The lowest BCUT2D eigenvalue weighted by atomic mass is 10.1. The number of hydrogen-bond donors (Lipinski definition) is 1. The summed E-state index contributed by atoms with van der Waals surface area (Å²) >= 11 is 0. The summed E-state index contributed by atoms with van der Waals surface area (Å²) in [4.78, 5) is 20.2. The number of anilines is 1. The summed E-state index contributed by atoms with van der Waals surface area (Å²) in [5, 5.41) is 7.26. The van der Waals surface area contributed by atoms with Crippen LogP contribution in [-0.4, -0.2) is 28.2 Å². The van der Waals surface area contributed by atoms with Crippen molar-refractivity contribution < 1.29 is 14.1 Å². The molecule has 0 radical (unpaired) electrons. The predicted molar refractivity (Wildman–Crippen MR) is 94.6 cm³/mol. The summed E-state index contributed by atoms with van der Waals surface area (Å²) in [5.41, 5.74) is 2.37. The summed E-state index contributed by atoms with van der Waals surface area (Å²) in [5.74, 6) is 2.16. The monoisotopic (exact) mass is 350 g/mol. The highest BCUT2D eigenvalue weighted by Gasteiger charge is 2.28. The van der Waals surface area contributed by atoms with Crippen molar-refractivity contribution in [2.45, 2.75) is 25.3 Å². The van der Waals surface area contributed by atoms with Gasteiger partial charge in [0.25, 0.3) is 5.89 Å². The van der Waals surface area contributed by atoms with Gasteiger partial charge in [-0.2, -0.15) is 4.98 Å². The second kappa shape index (κ2) is 6.95. The standard InChI is InChI=1S/C19H18N4O3/c1-25-19(24)14-4-2-12(3-5-14)10-20-16-9-8-15(11-21-16)18-22-17(23-26-18)13-6-7-13/h2-5,8-9,11,13H,6-7,10H2,1H3,(H,20,21). The van der Waals surface area contributed by atoms with E-state index >= 15 is 0 Å². The quantitative estimate of drug-likeness (QED) is 0.681. The Labute approximate surface area is 150 Å². The van der Waals surface area contributed by atoms with Crippen LogP contribution >= 0.6 is 0 Å². The van der Waals surface area contributed by atoms with Crippen LogP contribution in [0.2, 0.25) is 0 Å². The zero-order valence-corrected chi connectivity index (χ0v) is 14.3. The third-order valence-corrected chi connectivity index (χ3v) is 4.24. The zero-order chi connectivity index (χ0) is 17.9. The second-order valence-corrected chi connectivity index (χ2v) is 6.21. The Morgan fingerprint density at radius 2 is 2.04 bits per heavy atom. The lowest BCUT2D eigenvalue weighted by Gasteiger charge is -2.06. The van der Waals surface area contributed by atoms with E-state index in [2.05, 4.69) is 25.2 Å². The molecule has 3 aromatic rings. The van der Waals surface area contributed by atoms with Gasteiger partial charge in [-0.15, -0.1) is 0 Å². The number of nitrogens with zero attached hydrogens (tertiary/aromatic N) is 3. The van der Waals surface area contributed by atoms with Gasteiger partial charge in [-0.1, -0.05) is 17.3 Å². The highest BCUT2D eigenvalue weighted by Crippen LogP contribution is 2.38. The Bertz CT molecular complexity index is 899. The molecule has 0 saturated heterocycles. The molecule has 1 N–H and O–H groups in total. The number of aromatic nitrogens is 3. The van der Waals surface area contributed by atoms with Gasteiger partial charge in [0.05, 0.1) is 18.2 Å². The van der Waals surface area contributed by atoms with Crippen LogP contribution in [0.1, 0.15) is 40.5 Å². The molecular formula is C19H18N4O3. The molecule has 1 aliphatic carbocycles. The van der Waals surface area contributed by atoms with E-state index in [1.807, 2.05) is 24.3 Å². The van der Waals surface area contributed by atoms with E-state index in [-0.39, 0.29) is 5.97 Å². The van der Waals surface area contributed by atoms with Crippen molar-refractivity contribution in [1.29, 1.82) is 0 Å². The maximum absolute atomic E-state index is 11.4. The van der Waals surface area contributed by atoms with Gasteiger partial charge in [0, 0.05) is 18.7 Å². The van der Waals surface area contributed by atoms with E-state index in [0.29, 0.717) is 23.9 Å². The smallest absolute Gasteiger partial charge is 0.337 e. The van der Waals surface area contributed by atoms with Crippen LogP contribution in [0, 0.1) is 0 Å². The van der Waals surface area contributed by atoms with Crippen molar-refractivity contribution in [2.75, 3.05) is 12.4 Å². The maximum Gasteiger partial charge on any atom is 0.337 e. The molecule has 2 heterocycles. The third kappa shape index (κ3) is 3.56. The number of carbonyl (C=O) groups excluding carboxylic acids is 1. The van der Waals surface area contributed by atoms with Gasteiger partial charge in [0.1, 0.15) is 5.82 Å². The zero-order valence-electron chi connectivity index (χ0n) is 14.3. The molecule has 0 aliphatic heterocycles. The topological polar surface area (TPSA) is 90.1 Å². The van der Waals surface area contributed by atoms with Crippen molar-refractivity contribution in [1.82, 2.24) is 15.1 Å². The first-order chi connectivity index (χ1) is 12.7. The van der Waals surface area contributed by atoms with Crippen molar-refractivity contribution in [2.24, 2.45) is 0 Å². The minimum absolute atomic E-state index is 0.340. The van der Waals surface area contributed by atoms with Gasteiger partial charge in [-0.25, -0.2) is 9.78 Å². The normalized spacial score (nSPS) is 13.4. The number of methoxy groups -OCH3 is 1. The number of ether oxygens (including phenoxy) is 1. The van der Waals surface area contributed by atoms with Gasteiger partial charge in [-0.05, 0) is 42.7 Å². The molecule has 7 heteroatoms. The summed E-state index contributed by atoms with van der Waals surface area (Å²) in [7, 11) is 1.37. The Hall–Kier alpha value is -3.22. The van der Waals surface area contributed by atoms with Gasteiger partial charge in [0.2, 0.25) is 0 Å². The third-order valence-electron chi connectivity index (χ3n) is 4.24. The molecule has 132 valence electrons. The molecule has 7 nitrogen and oxygen atoms in total. The molecule has 0 atom stereocenters. The minimum Gasteiger partial charge on any atom is -0.465 e. The fourth-order valence-corrected chi connectivity index (χ4v) is 2.55. The highest BCUT2D eigenvalue weighted by molar-refractivity contribution is 5.89. The van der Waals surface area contributed by atoms with Crippen LogP contribution in [-0.2, 0) is 11.3 Å². The molecule has 0 amide bonds. The molecule has 1 aromatic carbocycles. The van der Waals surface area contributed by atoms with Crippen molar-refractivity contribution in [3.63, 3.8) is 0 Å². The van der Waals surface area contributed by atoms with Gasteiger partial charge >= 0.3 is 5.97 Å². The molecule has 0 spiro atoms. The minimum atomic E-state index is -0.340. The Morgan fingerprint density at radius 1 is 1.23 bits per heavy atom. The van der Waals surface area contributed by atoms with E-state index in [1.165, 1.54) is 7.11 Å². The number of hydrogen-bond acceptors (Lipinski definition) is 7. The number of rotatable bonds is 6. The molecule has 0 unspecified atom stereocenters. The van der Waals surface area contributed by atoms with E-state index in [1.54, 1.807) is 18.3 Å². The van der Waals surface area contributed by atoms with Gasteiger partial charge < -0.3 is 14.6 Å². The number of esters is 1. The predicted octanol–water partition coefficient (Wildman–Crippen LogP) is 3.41. The SMILES string of the molecule is COC(=O)c1ccc(CNc2ccc(-c3nc(C4CC4)no3)cn2)cc1. The molecule has 1 saturated carbocycles. The molecule has 0 bridgehead atoms. The first-order valence-corrected chi connectivity index (χ1v) is 8.44. The molecule has 1 fully saturated rings. The Balaban J connectivity index is 1.37. The summed E-state index contributed by atoms with van der Waals surface area (Å²) in [6, 6.07) is 11.0. The highest BCUT2D eigenvalue weighted by atomic mass is 16.5. The number of pyridine rings is 1. The number of nitrogens with one attached hydrogen (secondary N) is 1. The van der Waals surface area contributed by atoms with Crippen LogP contribution in [0.5, 0.6) is 0 Å². The van der Waals surface area contributed by atoms with Crippen LogP contribution in [0.25, 0.3) is 11.5 Å². The fraction of sp³-hybridized carbons (Fsp3) is 0.263. The average Bonchev–Trinajstić information content (AvgIpc) is 3.43. The average molecular weight is 350 g/mol. The van der Waals surface area contributed by atoms with Crippen LogP contribution in [0.3, 0.4) is 0 Å². The van der Waals surface area contributed by atoms with E-state index in [4.69, 9.17) is 4.52 Å². The maximum atomic E-state index is 11.4. The van der Waals surface area contributed by atoms with Gasteiger partial charge in [0.15, 0.2) is 5.82 Å². The summed E-state index contributed by atoms with van der Waals surface area (Å²) < 4.78 is 9.99. The first kappa shape index (κ1) is 16.3. The summed E-state index contributed by atoms with van der Waals surface area (Å²) in [6.45, 7) is 0.597. The molecular weight excluding hydrogens is 332 g/mol. The van der Waals surface area contributed by atoms with E-state index in [0.717, 1.165) is 35.6 Å². The van der Waals surface area contributed by atoms with Crippen molar-refractivity contribution >= 4 is 11.8 Å². The van der Waals surface area contributed by atoms with Crippen LogP contribution in [0.15, 0.2) is 47.1 Å². The van der Waals surface area contributed by atoms with Gasteiger partial charge in [-0.3, -0.25) is 0 Å². The number of carbonyl (C=O) groups is 1. The number of benzene rings is 1. The van der Waals surface area contributed by atoms with Crippen molar-refractivity contribution in [3.05, 3.63) is 59.5 Å². The van der Waals surface area contributed by atoms with Crippen LogP contribution in [0.4, 0.5) is 5.82 Å². The molecule has 26 heavy (non-hydrogen) atoms. The molecule has 4 rings (SSSR count). The summed E-state index contributed by atoms with van der Waals surface area (Å²) in [6.07, 6.45) is 3.99.